The third kappa shape index (κ3) is 2.85. The van der Waals surface area contributed by atoms with E-state index in [0.717, 1.165) is 4.88 Å². The Hall–Kier alpha value is -1.36. The van der Waals surface area contributed by atoms with Crippen molar-refractivity contribution in [2.45, 2.75) is 18.0 Å². The first-order valence-electron chi connectivity index (χ1n) is 4.61. The molecular weight excluding hydrogens is 264 g/mol. The lowest BCUT2D eigenvalue weighted by molar-refractivity contribution is 0.579. The third-order valence-electron chi connectivity index (χ3n) is 1.95. The molecule has 4 N–H and O–H groups in total. The summed E-state index contributed by atoms with van der Waals surface area (Å²) in [6.07, 6.45) is 0. The first-order valence-corrected chi connectivity index (χ1v) is 6.97. The number of tetrazole rings is 1. The summed E-state index contributed by atoms with van der Waals surface area (Å²) in [7, 11) is -3.54. The van der Waals surface area contributed by atoms with Gasteiger partial charge in [-0.05, 0) is 6.07 Å². The first kappa shape index (κ1) is 12.1. The molecule has 10 heteroatoms. The molecule has 2 aromatic heterocycles. The van der Waals surface area contributed by atoms with Gasteiger partial charge in [0.05, 0.1) is 11.4 Å². The SMILES string of the molecule is NCc1cc(S(=O)(=O)NCc2nn[nH]n2)cs1. The van der Waals surface area contributed by atoms with E-state index in [4.69, 9.17) is 5.73 Å². The molecular formula is C7H10N6O2S2. The Kier molecular flexibility index (Phi) is 3.47. The summed E-state index contributed by atoms with van der Waals surface area (Å²) in [6, 6.07) is 1.54. The van der Waals surface area contributed by atoms with Gasteiger partial charge in [-0.1, -0.05) is 5.21 Å². The van der Waals surface area contributed by atoms with Gasteiger partial charge >= 0.3 is 0 Å². The van der Waals surface area contributed by atoms with E-state index >= 15 is 0 Å². The van der Waals surface area contributed by atoms with Gasteiger partial charge in [-0.3, -0.25) is 0 Å². The normalized spacial score (nSPS) is 11.8. The highest BCUT2D eigenvalue weighted by atomic mass is 32.2. The van der Waals surface area contributed by atoms with E-state index in [9.17, 15) is 8.42 Å². The van der Waals surface area contributed by atoms with Crippen molar-refractivity contribution >= 4 is 21.4 Å². The minimum absolute atomic E-state index is 0.00730. The summed E-state index contributed by atoms with van der Waals surface area (Å²) in [5, 5.41) is 14.4. The molecule has 0 saturated heterocycles. The maximum atomic E-state index is 11.8. The average Bonchev–Trinajstić information content (AvgIpc) is 2.98. The number of rotatable bonds is 5. The molecule has 0 aliphatic heterocycles. The second kappa shape index (κ2) is 4.87. The fourth-order valence-electron chi connectivity index (χ4n) is 1.11. The highest BCUT2D eigenvalue weighted by molar-refractivity contribution is 7.89. The van der Waals surface area contributed by atoms with Crippen LogP contribution in [0.1, 0.15) is 10.7 Å². The summed E-state index contributed by atoms with van der Waals surface area (Å²) in [5.74, 6) is 0.280. The third-order valence-corrected chi connectivity index (χ3v) is 4.44. The molecule has 17 heavy (non-hydrogen) atoms. The molecule has 2 rings (SSSR count). The van der Waals surface area contributed by atoms with Crippen LogP contribution in [0.2, 0.25) is 0 Å². The van der Waals surface area contributed by atoms with E-state index in [1.54, 1.807) is 11.4 Å². The van der Waals surface area contributed by atoms with Crippen molar-refractivity contribution < 1.29 is 8.42 Å². The van der Waals surface area contributed by atoms with Gasteiger partial charge in [0.1, 0.15) is 0 Å². The number of nitrogens with one attached hydrogen (secondary N) is 2. The van der Waals surface area contributed by atoms with Crippen LogP contribution in [-0.4, -0.2) is 29.0 Å². The van der Waals surface area contributed by atoms with Crippen LogP contribution in [0.3, 0.4) is 0 Å². The Balaban J connectivity index is 2.08. The number of nitrogens with two attached hydrogens (primary N) is 1. The minimum atomic E-state index is -3.54. The molecule has 0 atom stereocenters. The standard InChI is InChI=1S/C7H10N6O2S2/c8-2-5-1-6(4-16-5)17(14,15)9-3-7-10-12-13-11-7/h1,4,9H,2-3,8H2,(H,10,11,12,13). The molecule has 8 nitrogen and oxygen atoms in total. The van der Waals surface area contributed by atoms with E-state index in [-0.39, 0.29) is 17.3 Å². The summed E-state index contributed by atoms with van der Waals surface area (Å²) >= 11 is 1.31. The number of nitrogens with zero attached hydrogens (tertiary/aromatic N) is 3. The Labute approximate surface area is 101 Å². The van der Waals surface area contributed by atoms with E-state index < -0.39 is 10.0 Å². The highest BCUT2D eigenvalue weighted by Crippen LogP contribution is 2.18. The lowest BCUT2D eigenvalue weighted by Gasteiger charge is -2.01. The van der Waals surface area contributed by atoms with E-state index in [2.05, 4.69) is 25.3 Å². The zero-order valence-corrected chi connectivity index (χ0v) is 10.3. The van der Waals surface area contributed by atoms with Crippen LogP contribution in [0.15, 0.2) is 16.3 Å². The number of sulfonamides is 1. The predicted molar refractivity (Wildman–Crippen MR) is 60.4 cm³/mol. The number of hydrogen-bond acceptors (Lipinski definition) is 7. The van der Waals surface area contributed by atoms with Crippen LogP contribution in [0, 0.1) is 0 Å². The van der Waals surface area contributed by atoms with Crippen LogP contribution in [0.5, 0.6) is 0 Å². The number of aromatic amines is 1. The van der Waals surface area contributed by atoms with Crippen LogP contribution in [0.25, 0.3) is 0 Å². The van der Waals surface area contributed by atoms with Gasteiger partial charge in [0.2, 0.25) is 10.0 Å². The molecule has 0 aliphatic rings. The summed E-state index contributed by atoms with van der Waals surface area (Å²) in [4.78, 5) is 1.01. The van der Waals surface area contributed by atoms with Crippen molar-refractivity contribution in [3.63, 3.8) is 0 Å². The summed E-state index contributed by atoms with van der Waals surface area (Å²) in [5.41, 5.74) is 5.42. The number of aromatic nitrogens is 4. The molecule has 0 aromatic carbocycles. The molecule has 92 valence electrons. The molecule has 0 spiro atoms. The van der Waals surface area contributed by atoms with Crippen molar-refractivity contribution in [3.8, 4) is 0 Å². The fraction of sp³-hybridized carbons (Fsp3) is 0.286. The van der Waals surface area contributed by atoms with Gasteiger partial charge in [-0.25, -0.2) is 13.1 Å². The van der Waals surface area contributed by atoms with Gasteiger partial charge in [-0.2, -0.15) is 5.21 Å². The van der Waals surface area contributed by atoms with E-state index in [1.807, 2.05) is 0 Å². The maximum Gasteiger partial charge on any atom is 0.241 e. The Morgan fingerprint density at radius 3 is 2.94 bits per heavy atom. The zero-order valence-electron chi connectivity index (χ0n) is 8.62. The van der Waals surface area contributed by atoms with Crippen LogP contribution >= 0.6 is 11.3 Å². The molecule has 0 unspecified atom stereocenters. The molecule has 0 bridgehead atoms. The van der Waals surface area contributed by atoms with E-state index in [0.29, 0.717) is 6.54 Å². The van der Waals surface area contributed by atoms with Crippen LogP contribution < -0.4 is 10.5 Å². The second-order valence-corrected chi connectivity index (χ2v) is 5.87. The molecule has 0 fully saturated rings. The quantitative estimate of drug-likeness (QED) is 0.655. The molecule has 0 amide bonds. The van der Waals surface area contributed by atoms with Gasteiger partial charge in [-0.15, -0.1) is 21.5 Å². The molecule has 0 aliphatic carbocycles. The molecule has 0 radical (unpaired) electrons. The van der Waals surface area contributed by atoms with Crippen molar-refractivity contribution in [1.82, 2.24) is 25.3 Å². The van der Waals surface area contributed by atoms with Gasteiger partial charge in [0, 0.05) is 16.8 Å². The second-order valence-electron chi connectivity index (χ2n) is 3.11. The van der Waals surface area contributed by atoms with Crippen molar-refractivity contribution in [2.24, 2.45) is 5.73 Å². The first-order chi connectivity index (χ1) is 8.12. The average molecular weight is 274 g/mol. The van der Waals surface area contributed by atoms with Gasteiger partial charge < -0.3 is 5.73 Å². The smallest absolute Gasteiger partial charge is 0.241 e. The van der Waals surface area contributed by atoms with Crippen molar-refractivity contribution in [2.75, 3.05) is 0 Å². The summed E-state index contributed by atoms with van der Waals surface area (Å²) < 4.78 is 26.0. The monoisotopic (exact) mass is 274 g/mol. The maximum absolute atomic E-state index is 11.8. The largest absolute Gasteiger partial charge is 0.326 e. The molecule has 2 aromatic rings. The molecule has 0 saturated carbocycles. The number of H-pyrrole nitrogens is 1. The number of hydrogen-bond donors (Lipinski definition) is 3. The Morgan fingerprint density at radius 1 is 1.53 bits per heavy atom. The summed E-state index contributed by atoms with van der Waals surface area (Å²) in [6.45, 7) is 0.317. The van der Waals surface area contributed by atoms with Crippen molar-refractivity contribution in [1.29, 1.82) is 0 Å². The lowest BCUT2D eigenvalue weighted by Crippen LogP contribution is -2.23. The van der Waals surface area contributed by atoms with Gasteiger partial charge in [0.25, 0.3) is 0 Å². The highest BCUT2D eigenvalue weighted by Gasteiger charge is 2.16. The van der Waals surface area contributed by atoms with Gasteiger partial charge in [0.15, 0.2) is 5.82 Å². The van der Waals surface area contributed by atoms with E-state index in [1.165, 1.54) is 11.3 Å². The fourth-order valence-corrected chi connectivity index (χ4v) is 3.24. The van der Waals surface area contributed by atoms with Crippen LogP contribution in [-0.2, 0) is 23.1 Å². The Bertz CT molecular complexity index is 575. The lowest BCUT2D eigenvalue weighted by atomic mass is 10.5. The molecule has 2 heterocycles. The van der Waals surface area contributed by atoms with Crippen LogP contribution in [0.4, 0.5) is 0 Å². The topological polar surface area (TPSA) is 127 Å². The number of thiophene rings is 1. The minimum Gasteiger partial charge on any atom is -0.326 e. The predicted octanol–water partition coefficient (Wildman–Crippen LogP) is -0.802. The Morgan fingerprint density at radius 2 is 2.35 bits per heavy atom. The van der Waals surface area contributed by atoms with Crippen molar-refractivity contribution in [3.05, 3.63) is 22.1 Å². The zero-order chi connectivity index (χ0) is 12.3.